The van der Waals surface area contributed by atoms with Crippen LogP contribution in [0.25, 0.3) is 17.0 Å². The Morgan fingerprint density at radius 1 is 1.03 bits per heavy atom. The van der Waals surface area contributed by atoms with Crippen molar-refractivity contribution < 1.29 is 18.7 Å². The Kier molecular flexibility index (Phi) is 7.48. The van der Waals surface area contributed by atoms with Gasteiger partial charge in [0.25, 0.3) is 0 Å². The first-order chi connectivity index (χ1) is 17.5. The van der Waals surface area contributed by atoms with Gasteiger partial charge in [-0.15, -0.1) is 0 Å². The largest absolute Gasteiger partial charge is 0.395 e. The van der Waals surface area contributed by atoms with Crippen LogP contribution >= 0.6 is 0 Å². The molecule has 0 spiro atoms. The molecule has 2 aliphatic heterocycles. The van der Waals surface area contributed by atoms with E-state index in [9.17, 15) is 18.7 Å². The Morgan fingerprint density at radius 2 is 1.78 bits per heavy atom. The van der Waals surface area contributed by atoms with E-state index in [4.69, 9.17) is 0 Å². The van der Waals surface area contributed by atoms with E-state index in [0.29, 0.717) is 30.5 Å². The number of halogens is 2. The van der Waals surface area contributed by atoms with Crippen LogP contribution in [0.15, 0.2) is 54.7 Å². The number of aliphatic hydroxyl groups excluding tert-OH is 1. The zero-order valence-electron chi connectivity index (χ0n) is 20.4. The first-order valence-electron chi connectivity index (χ1n) is 12.9. The topological polar surface area (TPSA) is 59.6 Å². The van der Waals surface area contributed by atoms with Crippen LogP contribution in [-0.2, 0) is 4.79 Å². The fourth-order valence-corrected chi connectivity index (χ4v) is 5.93. The number of aromatic amines is 1. The summed E-state index contributed by atoms with van der Waals surface area (Å²) in [5, 5.41) is 11.6. The maximum atomic E-state index is 13.4. The predicted octanol–water partition coefficient (Wildman–Crippen LogP) is 4.94. The molecule has 5 nitrogen and oxygen atoms in total. The van der Waals surface area contributed by atoms with Crippen LogP contribution in [0.1, 0.15) is 42.7 Å². The summed E-state index contributed by atoms with van der Waals surface area (Å²) in [6.07, 6.45) is 8.94. The van der Waals surface area contributed by atoms with Crippen LogP contribution in [0, 0.1) is 17.6 Å². The minimum absolute atomic E-state index is 0.115. The molecule has 7 heteroatoms. The van der Waals surface area contributed by atoms with Gasteiger partial charge < -0.3 is 15.0 Å². The smallest absolute Gasteiger partial charge is 0.246 e. The SMILES string of the molecule is O=C(C=Cc1ccc(F)c(F)c1)N1CCC(C(CO)N2CCC(c3c[nH]c4ccccc34)CC2)CC1. The molecule has 0 saturated carbocycles. The van der Waals surface area contributed by atoms with Crippen LogP contribution in [-0.4, -0.2) is 64.6 Å². The molecule has 2 fully saturated rings. The van der Waals surface area contributed by atoms with Crippen molar-refractivity contribution in [1.29, 1.82) is 0 Å². The fraction of sp³-hybridized carbons (Fsp3) is 0.414. The third kappa shape index (κ3) is 5.22. The van der Waals surface area contributed by atoms with Gasteiger partial charge in [-0.2, -0.15) is 0 Å². The standard InChI is InChI=1S/C29H33F2N3O2/c30-25-7-5-20(17-26(25)31)6-8-29(36)34-15-11-22(12-16-34)28(19-35)33-13-9-21(10-14-33)24-18-32-27-4-2-1-3-23(24)27/h1-8,17-18,21-22,28,32,35H,9-16,19H2. The molecule has 2 N–H and O–H groups in total. The Bertz CT molecular complexity index is 1220. The number of hydrogen-bond acceptors (Lipinski definition) is 3. The van der Waals surface area contributed by atoms with Gasteiger partial charge in [0.15, 0.2) is 11.6 Å². The zero-order chi connectivity index (χ0) is 25.1. The quantitative estimate of drug-likeness (QED) is 0.479. The maximum Gasteiger partial charge on any atom is 0.246 e. The monoisotopic (exact) mass is 493 g/mol. The normalized spacial score (nSPS) is 19.4. The molecule has 190 valence electrons. The lowest BCUT2D eigenvalue weighted by Crippen LogP contribution is -2.50. The second kappa shape index (κ2) is 10.9. The molecule has 2 aromatic carbocycles. The van der Waals surface area contributed by atoms with Gasteiger partial charge in [0.2, 0.25) is 5.91 Å². The van der Waals surface area contributed by atoms with E-state index in [1.165, 1.54) is 34.7 Å². The molecular weight excluding hydrogens is 460 g/mol. The van der Waals surface area contributed by atoms with Crippen LogP contribution in [0.2, 0.25) is 0 Å². The summed E-state index contributed by atoms with van der Waals surface area (Å²) in [7, 11) is 0. The van der Waals surface area contributed by atoms with Crippen LogP contribution in [0.3, 0.4) is 0 Å². The number of likely N-dealkylation sites (tertiary alicyclic amines) is 2. The van der Waals surface area contributed by atoms with Gasteiger partial charge in [-0.3, -0.25) is 9.69 Å². The average molecular weight is 494 g/mol. The molecule has 1 unspecified atom stereocenters. The molecule has 0 aliphatic carbocycles. The highest BCUT2D eigenvalue weighted by atomic mass is 19.2. The molecular formula is C29H33F2N3O2. The molecule has 1 aromatic heterocycles. The minimum atomic E-state index is -0.925. The summed E-state index contributed by atoms with van der Waals surface area (Å²) in [6, 6.07) is 12.1. The van der Waals surface area contributed by atoms with Gasteiger partial charge >= 0.3 is 0 Å². The first-order valence-corrected chi connectivity index (χ1v) is 12.9. The summed E-state index contributed by atoms with van der Waals surface area (Å²) < 4.78 is 26.5. The van der Waals surface area contributed by atoms with Crippen molar-refractivity contribution in [2.75, 3.05) is 32.8 Å². The number of aromatic nitrogens is 1. The average Bonchev–Trinajstić information content (AvgIpc) is 3.35. The predicted molar refractivity (Wildman–Crippen MR) is 137 cm³/mol. The minimum Gasteiger partial charge on any atom is -0.395 e. The van der Waals surface area contributed by atoms with Crippen molar-refractivity contribution in [1.82, 2.24) is 14.8 Å². The molecule has 3 aromatic rings. The number of carbonyl (C=O) groups is 1. The van der Waals surface area contributed by atoms with Crippen molar-refractivity contribution in [3.63, 3.8) is 0 Å². The number of aliphatic hydroxyl groups is 1. The third-order valence-corrected chi connectivity index (χ3v) is 8.00. The van der Waals surface area contributed by atoms with Crippen molar-refractivity contribution in [2.24, 2.45) is 5.92 Å². The number of nitrogens with one attached hydrogen (secondary N) is 1. The molecule has 0 bridgehead atoms. The van der Waals surface area contributed by atoms with Crippen molar-refractivity contribution in [2.45, 2.75) is 37.6 Å². The molecule has 0 radical (unpaired) electrons. The number of piperidine rings is 2. The lowest BCUT2D eigenvalue weighted by Gasteiger charge is -2.43. The maximum absolute atomic E-state index is 13.4. The Balaban J connectivity index is 1.13. The van der Waals surface area contributed by atoms with Gasteiger partial charge in [-0.25, -0.2) is 8.78 Å². The number of para-hydroxylation sites is 1. The summed E-state index contributed by atoms with van der Waals surface area (Å²) in [5.41, 5.74) is 3.03. The van der Waals surface area contributed by atoms with Crippen molar-refractivity contribution in [3.8, 4) is 0 Å². The summed E-state index contributed by atoms with van der Waals surface area (Å²) in [5.74, 6) is -1.08. The number of hydrogen-bond donors (Lipinski definition) is 2. The van der Waals surface area contributed by atoms with Crippen molar-refractivity contribution >= 4 is 22.9 Å². The van der Waals surface area contributed by atoms with E-state index in [-0.39, 0.29) is 18.6 Å². The molecule has 5 rings (SSSR count). The molecule has 1 atom stereocenters. The van der Waals surface area contributed by atoms with Gasteiger partial charge in [0, 0.05) is 42.3 Å². The van der Waals surface area contributed by atoms with Crippen molar-refractivity contribution in [3.05, 3.63) is 77.5 Å². The number of rotatable bonds is 6. The lowest BCUT2D eigenvalue weighted by molar-refractivity contribution is -0.127. The Labute approximate surface area is 210 Å². The van der Waals surface area contributed by atoms with E-state index in [2.05, 4.69) is 40.3 Å². The summed E-state index contributed by atoms with van der Waals surface area (Å²) in [6.45, 7) is 3.32. The zero-order valence-corrected chi connectivity index (χ0v) is 20.4. The number of fused-ring (bicyclic) bond motifs is 1. The molecule has 36 heavy (non-hydrogen) atoms. The van der Waals surface area contributed by atoms with E-state index in [1.54, 1.807) is 4.90 Å². The van der Waals surface area contributed by atoms with Gasteiger partial charge in [0.05, 0.1) is 6.61 Å². The number of benzene rings is 2. The lowest BCUT2D eigenvalue weighted by atomic mass is 9.84. The number of carbonyl (C=O) groups excluding carboxylic acids is 1. The van der Waals surface area contributed by atoms with E-state index >= 15 is 0 Å². The molecule has 2 saturated heterocycles. The fourth-order valence-electron chi connectivity index (χ4n) is 5.93. The van der Waals surface area contributed by atoms with Gasteiger partial charge in [0.1, 0.15) is 0 Å². The first kappa shape index (κ1) is 24.7. The van der Waals surface area contributed by atoms with Gasteiger partial charge in [-0.1, -0.05) is 24.3 Å². The van der Waals surface area contributed by atoms with Crippen LogP contribution in [0.4, 0.5) is 8.78 Å². The number of amides is 1. The number of nitrogens with zero attached hydrogens (tertiary/aromatic N) is 2. The van der Waals surface area contributed by atoms with E-state index in [0.717, 1.165) is 50.9 Å². The Hall–Kier alpha value is -3.03. The second-order valence-electron chi connectivity index (χ2n) is 10.0. The highest BCUT2D eigenvalue weighted by Crippen LogP contribution is 2.35. The number of H-pyrrole nitrogens is 1. The van der Waals surface area contributed by atoms with E-state index in [1.807, 2.05) is 0 Å². The Morgan fingerprint density at radius 3 is 2.50 bits per heavy atom. The summed E-state index contributed by atoms with van der Waals surface area (Å²) >= 11 is 0. The van der Waals surface area contributed by atoms with Crippen LogP contribution < -0.4 is 0 Å². The molecule has 1 amide bonds. The highest BCUT2D eigenvalue weighted by molar-refractivity contribution is 5.91. The third-order valence-electron chi connectivity index (χ3n) is 8.00. The van der Waals surface area contributed by atoms with Crippen LogP contribution in [0.5, 0.6) is 0 Å². The second-order valence-corrected chi connectivity index (χ2v) is 10.0. The summed E-state index contributed by atoms with van der Waals surface area (Å²) in [4.78, 5) is 20.3. The molecule has 2 aliphatic rings. The van der Waals surface area contributed by atoms with Gasteiger partial charge in [-0.05, 0) is 86.0 Å². The molecule has 3 heterocycles. The highest BCUT2D eigenvalue weighted by Gasteiger charge is 2.33. The van der Waals surface area contributed by atoms with E-state index < -0.39 is 11.6 Å².